The number of carbonyl (C=O) groups is 1. The minimum Gasteiger partial charge on any atom is -0.445 e. The molecule has 1 aromatic rings. The van der Waals surface area contributed by atoms with Crippen LogP contribution >= 0.6 is 0 Å². The highest BCUT2D eigenvalue weighted by Crippen LogP contribution is 2.38. The lowest BCUT2D eigenvalue weighted by molar-refractivity contribution is -0.156. The molecule has 0 aliphatic heterocycles. The van der Waals surface area contributed by atoms with Gasteiger partial charge in [0.1, 0.15) is 12.8 Å². The monoisotopic (exact) mass is 360 g/mol. The quantitative estimate of drug-likeness (QED) is 0.653. The van der Waals surface area contributed by atoms with Crippen molar-refractivity contribution in [3.63, 3.8) is 0 Å². The van der Waals surface area contributed by atoms with Gasteiger partial charge in [0.15, 0.2) is 5.69 Å². The van der Waals surface area contributed by atoms with Crippen LogP contribution in [-0.2, 0) is 32.2 Å². The van der Waals surface area contributed by atoms with E-state index in [0.29, 0.717) is 18.5 Å². The van der Waals surface area contributed by atoms with Gasteiger partial charge in [-0.1, -0.05) is 5.21 Å². The van der Waals surface area contributed by atoms with Crippen molar-refractivity contribution in [2.24, 2.45) is 5.73 Å². The molecule has 7 nitrogen and oxygen atoms in total. The van der Waals surface area contributed by atoms with E-state index >= 15 is 0 Å². The number of alkyl halides is 2. The van der Waals surface area contributed by atoms with Crippen LogP contribution in [-0.4, -0.2) is 39.9 Å². The van der Waals surface area contributed by atoms with Crippen LogP contribution in [0, 0.1) is 0 Å². The summed E-state index contributed by atoms with van der Waals surface area (Å²) in [7, 11) is 0. The number of esters is 1. The maximum Gasteiger partial charge on any atom is 0.333 e. The van der Waals surface area contributed by atoms with Crippen LogP contribution in [0.4, 0.5) is 8.78 Å². The second-order valence-corrected chi connectivity index (χ2v) is 7.38. The fourth-order valence-electron chi connectivity index (χ4n) is 2.85. The van der Waals surface area contributed by atoms with Crippen molar-refractivity contribution >= 4 is 5.97 Å². The van der Waals surface area contributed by atoms with E-state index in [0.717, 1.165) is 0 Å². The molecule has 9 heteroatoms. The fourth-order valence-corrected chi connectivity index (χ4v) is 2.85. The van der Waals surface area contributed by atoms with Gasteiger partial charge in [0.05, 0.1) is 17.3 Å². The van der Waals surface area contributed by atoms with E-state index in [1.165, 1.54) is 6.92 Å². The number of nitrogens with two attached hydrogens (primary N) is 1. The molecule has 2 N–H and O–H groups in total. The second kappa shape index (κ2) is 7.33. The minimum absolute atomic E-state index is 0.125. The molecule has 0 amide bonds. The molecule has 2 unspecified atom stereocenters. The molecule has 0 aromatic carbocycles. The van der Waals surface area contributed by atoms with Gasteiger partial charge in [-0.2, -0.15) is 8.78 Å². The van der Waals surface area contributed by atoms with Crippen LogP contribution in [0.1, 0.15) is 58.3 Å². The maximum atomic E-state index is 14.5. The number of ether oxygens (including phenoxy) is 2. The molecule has 0 radical (unpaired) electrons. The van der Waals surface area contributed by atoms with E-state index in [-0.39, 0.29) is 18.7 Å². The first-order valence-corrected chi connectivity index (χ1v) is 8.40. The summed E-state index contributed by atoms with van der Waals surface area (Å²) in [6, 6.07) is 0. The molecule has 2 rings (SSSR count). The Kier molecular flexibility index (Phi) is 5.78. The van der Waals surface area contributed by atoms with E-state index in [1.807, 2.05) is 20.8 Å². The summed E-state index contributed by atoms with van der Waals surface area (Å²) in [4.78, 5) is 11.5. The van der Waals surface area contributed by atoms with Crippen molar-refractivity contribution in [1.82, 2.24) is 15.0 Å². The molecule has 25 heavy (non-hydrogen) atoms. The van der Waals surface area contributed by atoms with Crippen molar-refractivity contribution in [3.8, 4) is 0 Å². The zero-order valence-electron chi connectivity index (χ0n) is 15.1. The van der Waals surface area contributed by atoms with E-state index in [2.05, 4.69) is 10.3 Å². The molecule has 0 saturated carbocycles. The molecule has 142 valence electrons. The number of hydrogen-bond acceptors (Lipinski definition) is 6. The number of fused-ring (bicyclic) bond motifs is 1. The lowest BCUT2D eigenvalue weighted by Crippen LogP contribution is -2.31. The molecule has 0 saturated heterocycles. The molecular weight excluding hydrogens is 334 g/mol. The van der Waals surface area contributed by atoms with Gasteiger partial charge < -0.3 is 9.47 Å². The van der Waals surface area contributed by atoms with Crippen LogP contribution in [0.2, 0.25) is 0 Å². The maximum absolute atomic E-state index is 14.5. The Bertz CT molecular complexity index is 611. The molecule has 1 aliphatic rings. The molecular formula is C16H26F2N4O3. The average molecular weight is 360 g/mol. The Morgan fingerprint density at radius 1 is 1.44 bits per heavy atom. The minimum atomic E-state index is -3.08. The lowest BCUT2D eigenvalue weighted by atomic mass is 9.95. The lowest BCUT2D eigenvalue weighted by Gasteiger charge is -2.27. The first kappa shape index (κ1) is 19.7. The Morgan fingerprint density at radius 2 is 2.12 bits per heavy atom. The molecule has 1 aliphatic carbocycles. The molecule has 0 spiro atoms. The van der Waals surface area contributed by atoms with Crippen LogP contribution in [0.25, 0.3) is 0 Å². The van der Waals surface area contributed by atoms with Crippen LogP contribution in [0.15, 0.2) is 0 Å². The zero-order chi connectivity index (χ0) is 18.8. The first-order valence-electron chi connectivity index (χ1n) is 8.40. The number of aromatic nitrogens is 3. The van der Waals surface area contributed by atoms with E-state index in [9.17, 15) is 13.6 Å². The molecule has 1 aromatic heterocycles. The number of nitrogens with zero attached hydrogens (tertiary/aromatic N) is 3. The average Bonchev–Trinajstić information content (AvgIpc) is 2.88. The number of rotatable bonds is 4. The Morgan fingerprint density at radius 3 is 2.72 bits per heavy atom. The number of hydrogen-bond donors (Lipinski definition) is 1. The number of carbonyl (C=O) groups excluding carboxylic acids is 1. The van der Waals surface area contributed by atoms with Gasteiger partial charge in [-0.05, 0) is 47.0 Å². The highest BCUT2D eigenvalue weighted by Gasteiger charge is 2.41. The van der Waals surface area contributed by atoms with Crippen molar-refractivity contribution in [2.45, 2.75) is 77.2 Å². The highest BCUT2D eigenvalue weighted by molar-refractivity contribution is 5.70. The predicted molar refractivity (Wildman–Crippen MR) is 85.9 cm³/mol. The van der Waals surface area contributed by atoms with Gasteiger partial charge in [-0.3, -0.25) is 5.73 Å². The van der Waals surface area contributed by atoms with Crippen molar-refractivity contribution in [2.75, 3.05) is 6.61 Å². The standard InChI is InChI=1S/C16H26F2N4O3/c1-10(19)25-13(23)9-24-11-5-6-12-14(16(17,18)8-7-11)20-21-22(12)15(2,3)4/h10-11H,5-9,19H2,1-4H3. The smallest absolute Gasteiger partial charge is 0.333 e. The van der Waals surface area contributed by atoms with Crippen LogP contribution in [0.3, 0.4) is 0 Å². The van der Waals surface area contributed by atoms with Gasteiger partial charge in [-0.25, -0.2) is 9.48 Å². The van der Waals surface area contributed by atoms with Crippen LogP contribution < -0.4 is 5.73 Å². The topological polar surface area (TPSA) is 92.3 Å². The van der Waals surface area contributed by atoms with Crippen molar-refractivity contribution in [3.05, 3.63) is 11.4 Å². The third kappa shape index (κ3) is 4.94. The van der Waals surface area contributed by atoms with E-state index in [4.69, 9.17) is 15.2 Å². The van der Waals surface area contributed by atoms with Gasteiger partial charge in [-0.15, -0.1) is 5.10 Å². The normalized spacial score (nSPS) is 21.8. The number of halogens is 2. The summed E-state index contributed by atoms with van der Waals surface area (Å²) in [6.45, 7) is 6.88. The SMILES string of the molecule is CC(N)OC(=O)COC1CCc2c(nnn2C(C)(C)C)C(F)(F)CC1. The largest absolute Gasteiger partial charge is 0.445 e. The van der Waals surface area contributed by atoms with Crippen molar-refractivity contribution in [1.29, 1.82) is 0 Å². The third-order valence-electron chi connectivity index (χ3n) is 3.98. The predicted octanol–water partition coefficient (Wildman–Crippen LogP) is 2.08. The first-order chi connectivity index (χ1) is 11.5. The van der Waals surface area contributed by atoms with Gasteiger partial charge >= 0.3 is 5.97 Å². The second-order valence-electron chi connectivity index (χ2n) is 7.38. The summed E-state index contributed by atoms with van der Waals surface area (Å²) >= 11 is 0. The highest BCUT2D eigenvalue weighted by atomic mass is 19.3. The fraction of sp³-hybridized carbons (Fsp3) is 0.812. The van der Waals surface area contributed by atoms with Crippen molar-refractivity contribution < 1.29 is 23.0 Å². The molecule has 2 atom stereocenters. The van der Waals surface area contributed by atoms with E-state index < -0.39 is 36.2 Å². The van der Waals surface area contributed by atoms with Gasteiger partial charge in [0, 0.05) is 6.42 Å². The van der Waals surface area contributed by atoms with E-state index in [1.54, 1.807) is 4.68 Å². The van der Waals surface area contributed by atoms with Gasteiger partial charge in [0.2, 0.25) is 0 Å². The summed E-state index contributed by atoms with van der Waals surface area (Å²) in [5.74, 6) is -3.68. The molecule has 0 fully saturated rings. The zero-order valence-corrected chi connectivity index (χ0v) is 15.1. The Balaban J connectivity index is 2.12. The summed E-state index contributed by atoms with van der Waals surface area (Å²) < 4.78 is 40.8. The molecule has 0 bridgehead atoms. The Labute approximate surface area is 145 Å². The van der Waals surface area contributed by atoms with Gasteiger partial charge in [0.25, 0.3) is 5.92 Å². The summed E-state index contributed by atoms with van der Waals surface area (Å²) in [5.41, 5.74) is 5.08. The molecule has 1 heterocycles. The summed E-state index contributed by atoms with van der Waals surface area (Å²) in [5, 5.41) is 7.68. The van der Waals surface area contributed by atoms with Crippen LogP contribution in [0.5, 0.6) is 0 Å². The summed E-state index contributed by atoms with van der Waals surface area (Å²) in [6.07, 6.45) is -0.633. The third-order valence-corrected chi connectivity index (χ3v) is 3.98. The Hall–Kier alpha value is -1.61.